The van der Waals surface area contributed by atoms with E-state index in [1.54, 1.807) is 29.9 Å². The second kappa shape index (κ2) is 9.24. The van der Waals surface area contributed by atoms with Crippen molar-refractivity contribution >= 4 is 34.3 Å². The van der Waals surface area contributed by atoms with Crippen molar-refractivity contribution in [1.82, 2.24) is 9.55 Å². The monoisotopic (exact) mass is 438 g/mol. The number of fused-ring (bicyclic) bond motifs is 1. The molecule has 0 unspecified atom stereocenters. The van der Waals surface area contributed by atoms with Crippen LogP contribution in [0.3, 0.4) is 0 Å². The minimum Gasteiger partial charge on any atom is -0.497 e. The summed E-state index contributed by atoms with van der Waals surface area (Å²) in [6.07, 6.45) is 0. The lowest BCUT2D eigenvalue weighted by atomic mass is 10.2. The second-order valence-corrected chi connectivity index (χ2v) is 7.90. The molecule has 0 fully saturated rings. The molecule has 0 radical (unpaired) electrons. The van der Waals surface area contributed by atoms with E-state index in [-0.39, 0.29) is 5.56 Å². The first-order valence-electron chi connectivity index (χ1n) is 9.33. The Morgan fingerprint density at radius 2 is 1.67 bits per heavy atom. The molecule has 4 rings (SSSR count). The molecule has 0 aliphatic rings. The second-order valence-electron chi connectivity index (χ2n) is 6.40. The van der Waals surface area contributed by atoms with Crippen molar-refractivity contribution < 1.29 is 9.47 Å². The Bertz CT molecular complexity index is 1210. The lowest BCUT2D eigenvalue weighted by Gasteiger charge is -2.13. The molecule has 0 N–H and O–H groups in total. The molecule has 0 atom stereocenters. The van der Waals surface area contributed by atoms with Gasteiger partial charge >= 0.3 is 0 Å². The predicted molar refractivity (Wildman–Crippen MR) is 122 cm³/mol. The zero-order valence-electron chi connectivity index (χ0n) is 16.2. The summed E-state index contributed by atoms with van der Waals surface area (Å²) in [6.45, 7) is 0.473. The number of thioether (sulfide) groups is 1. The summed E-state index contributed by atoms with van der Waals surface area (Å²) < 4.78 is 12.6. The van der Waals surface area contributed by atoms with Crippen molar-refractivity contribution in [3.63, 3.8) is 0 Å². The number of benzene rings is 3. The number of nitrogens with zero attached hydrogens (tertiary/aromatic N) is 2. The fourth-order valence-electron chi connectivity index (χ4n) is 2.99. The van der Waals surface area contributed by atoms with Gasteiger partial charge in [0, 0.05) is 10.8 Å². The molecular formula is C23H19ClN2O3S. The molecule has 30 heavy (non-hydrogen) atoms. The number of hydrogen-bond acceptors (Lipinski definition) is 5. The highest BCUT2D eigenvalue weighted by atomic mass is 35.5. The molecule has 1 heterocycles. The molecule has 0 saturated heterocycles. The van der Waals surface area contributed by atoms with Gasteiger partial charge in [0.25, 0.3) is 5.56 Å². The Morgan fingerprint density at radius 1 is 0.967 bits per heavy atom. The fraction of sp³-hybridized carbons (Fsp3) is 0.130. The van der Waals surface area contributed by atoms with Gasteiger partial charge in [-0.1, -0.05) is 35.5 Å². The van der Waals surface area contributed by atoms with E-state index >= 15 is 0 Å². The molecule has 4 aromatic rings. The molecule has 0 bridgehead atoms. The number of hydrogen-bond donors (Lipinski definition) is 0. The molecule has 0 saturated carbocycles. The highest BCUT2D eigenvalue weighted by Gasteiger charge is 2.13. The van der Waals surface area contributed by atoms with Gasteiger partial charge in [-0.2, -0.15) is 0 Å². The molecule has 0 aliphatic heterocycles. The van der Waals surface area contributed by atoms with E-state index in [2.05, 4.69) is 0 Å². The van der Waals surface area contributed by atoms with Gasteiger partial charge in [0.1, 0.15) is 11.5 Å². The number of halogens is 1. The highest BCUT2D eigenvalue weighted by molar-refractivity contribution is 7.99. The van der Waals surface area contributed by atoms with Crippen molar-refractivity contribution in [3.05, 3.63) is 88.2 Å². The van der Waals surface area contributed by atoms with Gasteiger partial charge in [0.2, 0.25) is 0 Å². The van der Waals surface area contributed by atoms with Crippen molar-refractivity contribution in [2.45, 2.75) is 5.16 Å². The Balaban J connectivity index is 1.58. The van der Waals surface area contributed by atoms with E-state index in [1.807, 2.05) is 54.6 Å². The Labute approximate surface area is 183 Å². The summed E-state index contributed by atoms with van der Waals surface area (Å²) in [4.78, 5) is 17.9. The molecule has 7 heteroatoms. The minimum absolute atomic E-state index is 0.110. The molecule has 5 nitrogen and oxygen atoms in total. The zero-order chi connectivity index (χ0) is 20.9. The third-order valence-electron chi connectivity index (χ3n) is 4.47. The maximum atomic E-state index is 13.2. The summed E-state index contributed by atoms with van der Waals surface area (Å²) in [7, 11) is 1.63. The van der Waals surface area contributed by atoms with Crippen molar-refractivity contribution in [2.24, 2.45) is 0 Å². The van der Waals surface area contributed by atoms with E-state index in [4.69, 9.17) is 26.1 Å². The summed E-state index contributed by atoms with van der Waals surface area (Å²) in [5.41, 5.74) is 1.29. The average molecular weight is 439 g/mol. The van der Waals surface area contributed by atoms with Crippen LogP contribution >= 0.6 is 23.4 Å². The average Bonchev–Trinajstić information content (AvgIpc) is 2.78. The fourth-order valence-corrected chi connectivity index (χ4v) is 3.95. The van der Waals surface area contributed by atoms with Gasteiger partial charge in [-0.15, -0.1) is 0 Å². The van der Waals surface area contributed by atoms with Crippen LogP contribution < -0.4 is 15.0 Å². The van der Waals surface area contributed by atoms with Gasteiger partial charge < -0.3 is 9.47 Å². The van der Waals surface area contributed by atoms with Crippen LogP contribution in [-0.4, -0.2) is 29.0 Å². The van der Waals surface area contributed by atoms with Crippen LogP contribution in [-0.2, 0) is 0 Å². The number of rotatable bonds is 7. The topological polar surface area (TPSA) is 53.4 Å². The normalized spacial score (nSPS) is 10.9. The van der Waals surface area contributed by atoms with Gasteiger partial charge in [0.15, 0.2) is 5.16 Å². The number of aromatic nitrogens is 2. The SMILES string of the molecule is COc1ccc(OCCSc2nc3ccccc3c(=O)n2-c2ccc(Cl)cc2)cc1. The molecule has 0 aliphatic carbocycles. The number of methoxy groups -OCH3 is 1. The van der Waals surface area contributed by atoms with E-state index in [0.29, 0.717) is 33.4 Å². The summed E-state index contributed by atoms with van der Waals surface area (Å²) in [6, 6.07) is 21.9. The minimum atomic E-state index is -0.110. The number of ether oxygens (including phenoxy) is 2. The van der Waals surface area contributed by atoms with Crippen molar-refractivity contribution in [1.29, 1.82) is 0 Å². The van der Waals surface area contributed by atoms with Crippen LogP contribution in [0.15, 0.2) is 82.7 Å². The van der Waals surface area contributed by atoms with Gasteiger partial charge in [-0.3, -0.25) is 9.36 Å². The van der Waals surface area contributed by atoms with E-state index in [9.17, 15) is 4.79 Å². The quantitative estimate of drug-likeness (QED) is 0.225. The van der Waals surface area contributed by atoms with E-state index < -0.39 is 0 Å². The third kappa shape index (κ3) is 4.45. The summed E-state index contributed by atoms with van der Waals surface area (Å²) >= 11 is 7.49. The Kier molecular flexibility index (Phi) is 6.26. The van der Waals surface area contributed by atoms with E-state index in [0.717, 1.165) is 17.2 Å². The maximum absolute atomic E-state index is 13.2. The summed E-state index contributed by atoms with van der Waals surface area (Å²) in [5.74, 6) is 2.17. The predicted octanol–water partition coefficient (Wildman–Crippen LogP) is 5.22. The third-order valence-corrected chi connectivity index (χ3v) is 5.63. The van der Waals surface area contributed by atoms with E-state index in [1.165, 1.54) is 11.8 Å². The van der Waals surface area contributed by atoms with Gasteiger partial charge in [-0.05, 0) is 60.7 Å². The van der Waals surface area contributed by atoms with Gasteiger partial charge in [0.05, 0.1) is 30.3 Å². The van der Waals surface area contributed by atoms with Crippen molar-refractivity contribution in [3.8, 4) is 17.2 Å². The molecule has 1 aromatic heterocycles. The van der Waals surface area contributed by atoms with Crippen LogP contribution in [0.5, 0.6) is 11.5 Å². The number of para-hydroxylation sites is 1. The van der Waals surface area contributed by atoms with Crippen LogP contribution in [0.1, 0.15) is 0 Å². The largest absolute Gasteiger partial charge is 0.497 e. The molecule has 152 valence electrons. The van der Waals surface area contributed by atoms with Crippen molar-refractivity contribution in [2.75, 3.05) is 19.5 Å². The van der Waals surface area contributed by atoms with Crippen LogP contribution in [0.4, 0.5) is 0 Å². The lowest BCUT2D eigenvalue weighted by Crippen LogP contribution is -2.22. The lowest BCUT2D eigenvalue weighted by molar-refractivity contribution is 0.342. The Morgan fingerprint density at radius 3 is 2.40 bits per heavy atom. The molecule has 3 aromatic carbocycles. The first kappa shape index (κ1) is 20.3. The molecular weight excluding hydrogens is 420 g/mol. The summed E-state index contributed by atoms with van der Waals surface area (Å²) in [5, 5.41) is 1.80. The van der Waals surface area contributed by atoms with Crippen LogP contribution in [0.2, 0.25) is 5.02 Å². The first-order chi connectivity index (χ1) is 14.7. The smallest absolute Gasteiger partial charge is 0.266 e. The standard InChI is InChI=1S/C23H19ClN2O3S/c1-28-18-10-12-19(13-11-18)29-14-15-30-23-25-21-5-3-2-4-20(21)22(27)26(23)17-8-6-16(24)7-9-17/h2-13H,14-15H2,1H3. The zero-order valence-corrected chi connectivity index (χ0v) is 17.8. The van der Waals surface area contributed by atoms with Crippen LogP contribution in [0, 0.1) is 0 Å². The van der Waals surface area contributed by atoms with Gasteiger partial charge in [-0.25, -0.2) is 4.98 Å². The molecule has 0 amide bonds. The molecule has 0 spiro atoms. The maximum Gasteiger partial charge on any atom is 0.266 e. The Hall–Kier alpha value is -2.96. The first-order valence-corrected chi connectivity index (χ1v) is 10.7. The highest BCUT2D eigenvalue weighted by Crippen LogP contribution is 2.23. The van der Waals surface area contributed by atoms with Crippen LogP contribution in [0.25, 0.3) is 16.6 Å².